The van der Waals surface area contributed by atoms with Gasteiger partial charge in [0.05, 0.1) is 0 Å². The predicted molar refractivity (Wildman–Crippen MR) is 165 cm³/mol. The van der Waals surface area contributed by atoms with Crippen molar-refractivity contribution in [1.29, 1.82) is 0 Å². The Kier molecular flexibility index (Phi) is 10.7. The van der Waals surface area contributed by atoms with Crippen LogP contribution in [0, 0.1) is 20.8 Å². The van der Waals surface area contributed by atoms with Crippen molar-refractivity contribution in [2.75, 3.05) is 78.4 Å². The molecule has 41 heavy (non-hydrogen) atoms. The van der Waals surface area contributed by atoms with Crippen LogP contribution in [-0.4, -0.2) is 104 Å². The fraction of sp³-hybridized carbons (Fsp3) is 0.469. The van der Waals surface area contributed by atoms with Gasteiger partial charge in [-0.15, -0.1) is 0 Å². The van der Waals surface area contributed by atoms with E-state index < -0.39 is 0 Å². The number of anilines is 1. The Morgan fingerprint density at radius 2 is 1.56 bits per heavy atom. The molecule has 0 bridgehead atoms. The summed E-state index contributed by atoms with van der Waals surface area (Å²) < 4.78 is 6.22. The average Bonchev–Trinajstić information content (AvgIpc) is 2.94. The van der Waals surface area contributed by atoms with Crippen LogP contribution in [0.15, 0.2) is 48.7 Å². The van der Waals surface area contributed by atoms with Gasteiger partial charge in [-0.2, -0.15) is 4.98 Å². The standard InChI is InChI=1S/C27H33N5O2.C5H12N2/c1-19-14-20(2)16-22(15-19)18-31(5)26(33)23-17-28-27(32-12-10-30(4)11-13-32)29-25(23)34-24-9-7-6-8-21(24)3;1-7-4-2-6-3-5-7/h6-9,14-17H,10-13,18H2,1-5H3;6H,2-5H2,1H3. The number of aromatic nitrogens is 2. The molecular weight excluding hydrogens is 514 g/mol. The second kappa shape index (κ2) is 14.4. The third-order valence-corrected chi connectivity index (χ3v) is 7.45. The van der Waals surface area contributed by atoms with Crippen LogP contribution >= 0.6 is 0 Å². The van der Waals surface area contributed by atoms with Crippen molar-refractivity contribution in [3.8, 4) is 11.6 Å². The Labute approximate surface area is 245 Å². The summed E-state index contributed by atoms with van der Waals surface area (Å²) in [6.07, 6.45) is 1.61. The van der Waals surface area contributed by atoms with Gasteiger partial charge in [0.2, 0.25) is 11.8 Å². The minimum atomic E-state index is -0.173. The van der Waals surface area contributed by atoms with E-state index in [2.05, 4.69) is 71.1 Å². The van der Waals surface area contributed by atoms with Gasteiger partial charge in [-0.3, -0.25) is 4.79 Å². The number of benzene rings is 2. The molecule has 3 aromatic rings. The smallest absolute Gasteiger partial charge is 0.260 e. The molecular formula is C32H45N7O2. The van der Waals surface area contributed by atoms with E-state index in [1.165, 1.54) is 24.2 Å². The van der Waals surface area contributed by atoms with Crippen molar-refractivity contribution < 1.29 is 9.53 Å². The highest BCUT2D eigenvalue weighted by molar-refractivity contribution is 5.96. The Hall–Kier alpha value is -3.53. The van der Waals surface area contributed by atoms with Gasteiger partial charge >= 0.3 is 0 Å². The lowest BCUT2D eigenvalue weighted by molar-refractivity contribution is 0.0781. The molecule has 1 N–H and O–H groups in total. The maximum absolute atomic E-state index is 13.5. The second-order valence-corrected chi connectivity index (χ2v) is 11.3. The summed E-state index contributed by atoms with van der Waals surface area (Å²) in [7, 11) is 6.06. The van der Waals surface area contributed by atoms with Gasteiger partial charge in [-0.1, -0.05) is 47.5 Å². The molecule has 0 saturated carbocycles. The number of carbonyl (C=O) groups is 1. The fourth-order valence-corrected chi connectivity index (χ4v) is 5.00. The molecule has 5 rings (SSSR count). The maximum atomic E-state index is 13.5. The molecule has 0 unspecified atom stereocenters. The van der Waals surface area contributed by atoms with Crippen molar-refractivity contribution in [1.82, 2.24) is 30.0 Å². The van der Waals surface area contributed by atoms with Crippen LogP contribution < -0.4 is 15.0 Å². The van der Waals surface area contributed by atoms with E-state index in [1.54, 1.807) is 18.1 Å². The molecule has 0 spiro atoms. The lowest BCUT2D eigenvalue weighted by Crippen LogP contribution is -2.45. The van der Waals surface area contributed by atoms with Gasteiger partial charge in [0, 0.05) is 72.1 Å². The number of hydrogen-bond acceptors (Lipinski definition) is 8. The summed E-state index contributed by atoms with van der Waals surface area (Å²) in [5, 5.41) is 3.27. The van der Waals surface area contributed by atoms with Crippen LogP contribution in [0.4, 0.5) is 5.95 Å². The Balaban J connectivity index is 0.000000483. The Morgan fingerprint density at radius 3 is 2.17 bits per heavy atom. The zero-order chi connectivity index (χ0) is 29.4. The highest BCUT2D eigenvalue weighted by Crippen LogP contribution is 2.28. The van der Waals surface area contributed by atoms with Crippen LogP contribution in [0.3, 0.4) is 0 Å². The Bertz CT molecular complexity index is 1280. The molecule has 2 aliphatic heterocycles. The van der Waals surface area contributed by atoms with E-state index in [0.29, 0.717) is 23.8 Å². The van der Waals surface area contributed by atoms with Crippen molar-refractivity contribution in [2.24, 2.45) is 0 Å². The SMILES string of the molecule is CN1CCNCC1.Cc1cc(C)cc(CN(C)C(=O)c2cnc(N3CCN(C)CC3)nc2Oc2ccccc2C)c1. The van der Waals surface area contributed by atoms with Crippen molar-refractivity contribution in [2.45, 2.75) is 27.3 Å². The number of rotatable bonds is 6. The zero-order valence-corrected chi connectivity index (χ0v) is 25.5. The number of hydrogen-bond donors (Lipinski definition) is 1. The number of carbonyl (C=O) groups excluding carboxylic acids is 1. The van der Waals surface area contributed by atoms with Gasteiger partial charge in [0.15, 0.2) is 0 Å². The Morgan fingerprint density at radius 1 is 0.927 bits per heavy atom. The number of ether oxygens (including phenoxy) is 1. The molecule has 9 heteroatoms. The van der Waals surface area contributed by atoms with E-state index in [-0.39, 0.29) is 11.8 Å². The molecule has 2 fully saturated rings. The normalized spacial score (nSPS) is 16.1. The summed E-state index contributed by atoms with van der Waals surface area (Å²) in [6.45, 7) is 14.9. The minimum absolute atomic E-state index is 0.173. The van der Waals surface area contributed by atoms with Gasteiger partial charge in [-0.05, 0) is 52.1 Å². The summed E-state index contributed by atoms with van der Waals surface area (Å²) in [4.78, 5) is 31.2. The lowest BCUT2D eigenvalue weighted by Gasteiger charge is -2.32. The molecule has 1 amide bonds. The lowest BCUT2D eigenvalue weighted by atomic mass is 10.1. The number of para-hydroxylation sites is 1. The quantitative estimate of drug-likeness (QED) is 0.490. The molecule has 2 aromatic carbocycles. The first-order valence-corrected chi connectivity index (χ1v) is 14.5. The summed E-state index contributed by atoms with van der Waals surface area (Å²) in [5.74, 6) is 1.38. The summed E-state index contributed by atoms with van der Waals surface area (Å²) in [5.41, 5.74) is 4.78. The molecule has 9 nitrogen and oxygen atoms in total. The molecule has 2 saturated heterocycles. The van der Waals surface area contributed by atoms with Crippen molar-refractivity contribution in [3.05, 3.63) is 76.5 Å². The minimum Gasteiger partial charge on any atom is -0.438 e. The van der Waals surface area contributed by atoms with E-state index >= 15 is 0 Å². The molecule has 0 atom stereocenters. The largest absolute Gasteiger partial charge is 0.438 e. The van der Waals surface area contributed by atoms with Crippen LogP contribution in [0.2, 0.25) is 0 Å². The van der Waals surface area contributed by atoms with Crippen LogP contribution in [0.5, 0.6) is 11.6 Å². The fourth-order valence-electron chi connectivity index (χ4n) is 5.00. The third-order valence-electron chi connectivity index (χ3n) is 7.45. The first-order chi connectivity index (χ1) is 19.7. The van der Waals surface area contributed by atoms with Crippen LogP contribution in [0.1, 0.15) is 32.6 Å². The second-order valence-electron chi connectivity index (χ2n) is 11.3. The summed E-state index contributed by atoms with van der Waals surface area (Å²) >= 11 is 0. The van der Waals surface area contributed by atoms with E-state index in [0.717, 1.165) is 50.4 Å². The molecule has 0 radical (unpaired) electrons. The van der Waals surface area contributed by atoms with Gasteiger partial charge in [0.25, 0.3) is 5.91 Å². The molecule has 220 valence electrons. The first kappa shape index (κ1) is 30.4. The average molecular weight is 560 g/mol. The summed E-state index contributed by atoms with van der Waals surface area (Å²) in [6, 6.07) is 14.1. The number of nitrogens with one attached hydrogen (secondary N) is 1. The molecule has 2 aliphatic rings. The number of amides is 1. The predicted octanol–water partition coefficient (Wildman–Crippen LogP) is 3.74. The highest BCUT2D eigenvalue weighted by Gasteiger charge is 2.24. The zero-order valence-electron chi connectivity index (χ0n) is 25.5. The van der Waals surface area contributed by atoms with E-state index in [1.807, 2.05) is 31.2 Å². The topological polar surface area (TPSA) is 77.1 Å². The number of piperazine rings is 2. The van der Waals surface area contributed by atoms with E-state index in [4.69, 9.17) is 9.72 Å². The maximum Gasteiger partial charge on any atom is 0.260 e. The molecule has 0 aliphatic carbocycles. The van der Waals surface area contributed by atoms with Crippen molar-refractivity contribution >= 4 is 11.9 Å². The van der Waals surface area contributed by atoms with E-state index in [9.17, 15) is 4.79 Å². The third kappa shape index (κ3) is 8.73. The van der Waals surface area contributed by atoms with Crippen LogP contribution in [0.25, 0.3) is 0 Å². The number of aryl methyl sites for hydroxylation is 3. The van der Waals surface area contributed by atoms with Crippen molar-refractivity contribution in [3.63, 3.8) is 0 Å². The van der Waals surface area contributed by atoms with Gasteiger partial charge in [0.1, 0.15) is 11.3 Å². The number of likely N-dealkylation sites (N-methyl/N-ethyl adjacent to an activating group) is 2. The monoisotopic (exact) mass is 559 g/mol. The van der Waals surface area contributed by atoms with Gasteiger partial charge in [-0.25, -0.2) is 4.98 Å². The molecule has 1 aromatic heterocycles. The molecule has 3 heterocycles. The first-order valence-electron chi connectivity index (χ1n) is 14.5. The van der Waals surface area contributed by atoms with Gasteiger partial charge < -0.3 is 29.7 Å². The number of nitrogens with zero attached hydrogens (tertiary/aromatic N) is 6. The highest BCUT2D eigenvalue weighted by atomic mass is 16.5. The van der Waals surface area contributed by atoms with Crippen LogP contribution in [-0.2, 0) is 6.54 Å².